The molecule has 0 heterocycles. The molecule has 0 aromatic rings. The first-order valence-electron chi connectivity index (χ1n) is 7.67. The number of hydrogen-bond acceptors (Lipinski definition) is 3. The number of nitrogens with two attached hydrogens (primary N) is 1. The average Bonchev–Trinajstić information content (AvgIpc) is 2.78. The molecule has 4 heteroatoms. The molecule has 0 aliphatic heterocycles. The van der Waals surface area contributed by atoms with Crippen LogP contribution in [0.2, 0.25) is 0 Å². The van der Waals surface area contributed by atoms with Crippen LogP contribution in [0.5, 0.6) is 0 Å². The summed E-state index contributed by atoms with van der Waals surface area (Å²) in [6, 6.07) is 0. The molecule has 1 saturated carbocycles. The van der Waals surface area contributed by atoms with Crippen molar-refractivity contribution in [3.05, 3.63) is 0 Å². The van der Waals surface area contributed by atoms with E-state index in [0.29, 0.717) is 11.8 Å². The lowest BCUT2D eigenvalue weighted by molar-refractivity contribution is -0.125. The van der Waals surface area contributed by atoms with Crippen molar-refractivity contribution in [2.75, 3.05) is 26.7 Å². The van der Waals surface area contributed by atoms with E-state index in [1.165, 1.54) is 0 Å². The van der Waals surface area contributed by atoms with Crippen LogP contribution in [0.25, 0.3) is 0 Å². The first kappa shape index (κ1) is 16.4. The molecule has 1 fully saturated rings. The van der Waals surface area contributed by atoms with Gasteiger partial charge >= 0.3 is 0 Å². The average molecular weight is 269 g/mol. The Kier molecular flexibility index (Phi) is 6.27. The van der Waals surface area contributed by atoms with Gasteiger partial charge in [-0.2, -0.15) is 0 Å². The molecule has 2 atom stereocenters. The van der Waals surface area contributed by atoms with E-state index in [9.17, 15) is 4.79 Å². The highest BCUT2D eigenvalue weighted by molar-refractivity contribution is 5.85. The van der Waals surface area contributed by atoms with E-state index >= 15 is 0 Å². The van der Waals surface area contributed by atoms with Crippen LogP contribution in [0.1, 0.15) is 46.5 Å². The Morgan fingerprint density at radius 3 is 2.68 bits per heavy atom. The Labute approximate surface area is 118 Å². The zero-order chi connectivity index (χ0) is 14.5. The Bertz CT molecular complexity index is 293. The minimum absolute atomic E-state index is 0.176. The van der Waals surface area contributed by atoms with Crippen molar-refractivity contribution in [1.29, 1.82) is 0 Å². The van der Waals surface area contributed by atoms with Crippen molar-refractivity contribution in [1.82, 2.24) is 10.2 Å². The first-order chi connectivity index (χ1) is 8.96. The second-order valence-corrected chi connectivity index (χ2v) is 6.25. The predicted octanol–water partition coefficient (Wildman–Crippen LogP) is 1.60. The third-order valence-electron chi connectivity index (χ3n) is 4.57. The Morgan fingerprint density at radius 1 is 1.53 bits per heavy atom. The van der Waals surface area contributed by atoms with E-state index in [-0.39, 0.29) is 5.91 Å². The summed E-state index contributed by atoms with van der Waals surface area (Å²) in [4.78, 5) is 14.3. The third kappa shape index (κ3) is 3.93. The highest BCUT2D eigenvalue weighted by Gasteiger charge is 2.46. The number of nitrogens with one attached hydrogen (secondary N) is 1. The maximum atomic E-state index is 11.8. The molecule has 112 valence electrons. The van der Waals surface area contributed by atoms with Crippen LogP contribution < -0.4 is 11.1 Å². The van der Waals surface area contributed by atoms with Gasteiger partial charge in [0.25, 0.3) is 0 Å². The maximum absolute atomic E-state index is 11.8. The lowest BCUT2D eigenvalue weighted by atomic mass is 9.84. The molecule has 19 heavy (non-hydrogen) atoms. The van der Waals surface area contributed by atoms with Crippen LogP contribution in [0.4, 0.5) is 0 Å². The van der Waals surface area contributed by atoms with E-state index in [0.717, 1.165) is 45.3 Å². The molecule has 1 amide bonds. The van der Waals surface area contributed by atoms with E-state index in [1.54, 1.807) is 0 Å². The number of rotatable bonds is 8. The van der Waals surface area contributed by atoms with Gasteiger partial charge in [0.05, 0.1) is 0 Å². The molecule has 0 radical (unpaired) electrons. The molecular formula is C15H31N3O. The SMILES string of the molecule is CCN(CCC1CCCC1(NC)C(N)=O)CC(C)C. The monoisotopic (exact) mass is 269 g/mol. The quantitative estimate of drug-likeness (QED) is 0.703. The van der Waals surface area contributed by atoms with Gasteiger partial charge in [-0.25, -0.2) is 0 Å². The molecule has 1 aliphatic carbocycles. The van der Waals surface area contributed by atoms with Gasteiger partial charge in [0.2, 0.25) is 5.91 Å². The molecular weight excluding hydrogens is 238 g/mol. The largest absolute Gasteiger partial charge is 0.368 e. The number of hydrogen-bond donors (Lipinski definition) is 2. The molecule has 0 aromatic carbocycles. The number of likely N-dealkylation sites (N-methyl/N-ethyl adjacent to an activating group) is 1. The second kappa shape index (κ2) is 7.25. The van der Waals surface area contributed by atoms with Crippen molar-refractivity contribution in [3.63, 3.8) is 0 Å². The fraction of sp³-hybridized carbons (Fsp3) is 0.933. The molecule has 1 rings (SSSR count). The first-order valence-corrected chi connectivity index (χ1v) is 7.67. The fourth-order valence-electron chi connectivity index (χ4n) is 3.48. The van der Waals surface area contributed by atoms with Gasteiger partial charge in [-0.15, -0.1) is 0 Å². The van der Waals surface area contributed by atoms with Gasteiger partial charge in [0.15, 0.2) is 0 Å². The van der Waals surface area contributed by atoms with E-state index in [1.807, 2.05) is 7.05 Å². The molecule has 0 spiro atoms. The maximum Gasteiger partial charge on any atom is 0.238 e. The van der Waals surface area contributed by atoms with Gasteiger partial charge in [0, 0.05) is 6.54 Å². The van der Waals surface area contributed by atoms with E-state index < -0.39 is 5.54 Å². The van der Waals surface area contributed by atoms with Gasteiger partial charge in [-0.3, -0.25) is 4.79 Å². The summed E-state index contributed by atoms with van der Waals surface area (Å²) >= 11 is 0. The van der Waals surface area contributed by atoms with Gasteiger partial charge in [0.1, 0.15) is 5.54 Å². The topological polar surface area (TPSA) is 58.4 Å². The van der Waals surface area contributed by atoms with E-state index in [2.05, 4.69) is 31.0 Å². The van der Waals surface area contributed by atoms with Crippen molar-refractivity contribution in [2.24, 2.45) is 17.6 Å². The van der Waals surface area contributed by atoms with Gasteiger partial charge in [-0.1, -0.05) is 27.2 Å². The lowest BCUT2D eigenvalue weighted by Gasteiger charge is -2.34. The van der Waals surface area contributed by atoms with Crippen molar-refractivity contribution >= 4 is 5.91 Å². The summed E-state index contributed by atoms with van der Waals surface area (Å²) in [7, 11) is 1.87. The fourth-order valence-corrected chi connectivity index (χ4v) is 3.48. The molecule has 1 aliphatic rings. The molecule has 2 unspecified atom stereocenters. The van der Waals surface area contributed by atoms with Crippen LogP contribution in [0.3, 0.4) is 0 Å². The zero-order valence-corrected chi connectivity index (χ0v) is 13.0. The Morgan fingerprint density at radius 2 is 2.21 bits per heavy atom. The minimum atomic E-state index is -0.461. The van der Waals surface area contributed by atoms with Gasteiger partial charge in [-0.05, 0) is 51.2 Å². The van der Waals surface area contributed by atoms with Crippen LogP contribution >= 0.6 is 0 Å². The Balaban J connectivity index is 2.57. The van der Waals surface area contributed by atoms with Crippen LogP contribution in [-0.2, 0) is 4.79 Å². The molecule has 0 saturated heterocycles. The summed E-state index contributed by atoms with van der Waals surface area (Å²) in [6.07, 6.45) is 4.16. The van der Waals surface area contributed by atoms with Crippen molar-refractivity contribution in [2.45, 2.75) is 52.0 Å². The third-order valence-corrected chi connectivity index (χ3v) is 4.57. The summed E-state index contributed by atoms with van der Waals surface area (Å²) in [6.45, 7) is 9.98. The van der Waals surface area contributed by atoms with Crippen molar-refractivity contribution in [3.8, 4) is 0 Å². The van der Waals surface area contributed by atoms with Crippen LogP contribution in [0.15, 0.2) is 0 Å². The normalized spacial score (nSPS) is 27.4. The van der Waals surface area contributed by atoms with E-state index in [4.69, 9.17) is 5.73 Å². The van der Waals surface area contributed by atoms with Crippen LogP contribution in [-0.4, -0.2) is 43.0 Å². The molecule has 0 aromatic heterocycles. The Hall–Kier alpha value is -0.610. The highest BCUT2D eigenvalue weighted by Crippen LogP contribution is 2.37. The van der Waals surface area contributed by atoms with Gasteiger partial charge < -0.3 is 16.0 Å². The van der Waals surface area contributed by atoms with Crippen LogP contribution in [0, 0.1) is 11.8 Å². The number of amides is 1. The van der Waals surface area contributed by atoms with Crippen molar-refractivity contribution < 1.29 is 4.79 Å². The summed E-state index contributed by atoms with van der Waals surface area (Å²) < 4.78 is 0. The lowest BCUT2D eigenvalue weighted by Crippen LogP contribution is -2.56. The molecule has 4 nitrogen and oxygen atoms in total. The summed E-state index contributed by atoms with van der Waals surface area (Å²) in [5, 5.41) is 3.22. The summed E-state index contributed by atoms with van der Waals surface area (Å²) in [5.74, 6) is 0.898. The molecule has 3 N–H and O–H groups in total. The number of primary amides is 1. The smallest absolute Gasteiger partial charge is 0.238 e. The number of carbonyl (C=O) groups is 1. The predicted molar refractivity (Wildman–Crippen MR) is 79.9 cm³/mol. The second-order valence-electron chi connectivity index (χ2n) is 6.25. The number of carbonyl (C=O) groups excluding carboxylic acids is 1. The molecule has 0 bridgehead atoms. The highest BCUT2D eigenvalue weighted by atomic mass is 16.1. The number of nitrogens with zero attached hydrogens (tertiary/aromatic N) is 1. The summed E-state index contributed by atoms with van der Waals surface area (Å²) in [5.41, 5.74) is 5.18. The minimum Gasteiger partial charge on any atom is -0.368 e. The zero-order valence-electron chi connectivity index (χ0n) is 13.0. The standard InChI is InChI=1S/C15H31N3O/c1-5-18(11-12(2)3)10-8-13-7-6-9-15(13,17-4)14(16)19/h12-13,17H,5-11H2,1-4H3,(H2,16,19).